The minimum Gasteiger partial charge on any atom is -0.467 e. The van der Waals surface area contributed by atoms with Crippen LogP contribution in [-0.2, 0) is 36.1 Å². The Balaban J connectivity index is 1.68. The van der Waals surface area contributed by atoms with E-state index in [4.69, 9.17) is 4.42 Å². The molecule has 0 saturated carbocycles. The molecule has 6 heteroatoms. The maximum atomic E-state index is 13.3. The van der Waals surface area contributed by atoms with Gasteiger partial charge in [-0.2, -0.15) is 0 Å². The predicted octanol–water partition coefficient (Wildman–Crippen LogP) is 4.02. The maximum Gasteiger partial charge on any atom is 0.242 e. The molecule has 0 spiro atoms. The number of nitrogens with zero attached hydrogens (tertiary/aromatic N) is 3. The third-order valence-electron chi connectivity index (χ3n) is 5.40. The maximum absolute atomic E-state index is 13.3. The first-order chi connectivity index (χ1) is 14.9. The first-order valence-electron chi connectivity index (χ1n) is 10.7. The first-order valence-corrected chi connectivity index (χ1v) is 10.7. The zero-order valence-corrected chi connectivity index (χ0v) is 18.5. The number of carbonyl (C=O) groups excluding carboxylic acids is 2. The van der Waals surface area contributed by atoms with Crippen LogP contribution >= 0.6 is 0 Å². The molecule has 0 unspecified atom stereocenters. The SMILES string of the molecule is CC(C)N(CC(=O)N(Cc1ccco1)Cc1cccn1C)C(=O)CCc1ccccc1. The van der Waals surface area contributed by atoms with Crippen molar-refractivity contribution in [3.05, 3.63) is 84.1 Å². The van der Waals surface area contributed by atoms with E-state index in [0.717, 1.165) is 11.3 Å². The summed E-state index contributed by atoms with van der Waals surface area (Å²) in [5.41, 5.74) is 2.14. The topological polar surface area (TPSA) is 58.7 Å². The summed E-state index contributed by atoms with van der Waals surface area (Å²) in [6.45, 7) is 4.76. The van der Waals surface area contributed by atoms with E-state index in [1.54, 1.807) is 16.1 Å². The number of aromatic nitrogens is 1. The van der Waals surface area contributed by atoms with E-state index < -0.39 is 0 Å². The largest absolute Gasteiger partial charge is 0.467 e. The molecule has 164 valence electrons. The Morgan fingerprint density at radius 2 is 1.74 bits per heavy atom. The van der Waals surface area contributed by atoms with Crippen molar-refractivity contribution in [2.24, 2.45) is 7.05 Å². The van der Waals surface area contributed by atoms with E-state index in [1.807, 2.05) is 86.3 Å². The Bertz CT molecular complexity index is 961. The van der Waals surface area contributed by atoms with E-state index in [-0.39, 0.29) is 24.4 Å². The summed E-state index contributed by atoms with van der Waals surface area (Å²) in [5.74, 6) is 0.609. The van der Waals surface area contributed by atoms with Crippen LogP contribution in [0, 0.1) is 0 Å². The highest BCUT2D eigenvalue weighted by Crippen LogP contribution is 2.14. The summed E-state index contributed by atoms with van der Waals surface area (Å²) in [4.78, 5) is 29.6. The lowest BCUT2D eigenvalue weighted by atomic mass is 10.1. The number of carbonyl (C=O) groups is 2. The van der Waals surface area contributed by atoms with Gasteiger partial charge in [0.05, 0.1) is 19.4 Å². The minimum atomic E-state index is -0.0978. The standard InChI is InChI=1S/C25H31N3O3/c1-20(2)28(24(29)14-13-21-9-5-4-6-10-21)19-25(30)27(18-23-12-8-16-31-23)17-22-11-7-15-26(22)3/h4-12,15-16,20H,13-14,17-19H2,1-3H3. The second-order valence-corrected chi connectivity index (χ2v) is 8.04. The van der Waals surface area contributed by atoms with E-state index in [9.17, 15) is 9.59 Å². The molecule has 1 aromatic carbocycles. The molecule has 0 radical (unpaired) electrons. The molecule has 0 aliphatic rings. The number of benzene rings is 1. The molecule has 2 aromatic heterocycles. The van der Waals surface area contributed by atoms with Gasteiger partial charge in [0.1, 0.15) is 12.3 Å². The van der Waals surface area contributed by atoms with Gasteiger partial charge in [-0.1, -0.05) is 30.3 Å². The number of amides is 2. The summed E-state index contributed by atoms with van der Waals surface area (Å²) in [5, 5.41) is 0. The first kappa shape index (κ1) is 22.4. The molecule has 0 saturated heterocycles. The van der Waals surface area contributed by atoms with Gasteiger partial charge in [0.25, 0.3) is 0 Å². The van der Waals surface area contributed by atoms with Crippen molar-refractivity contribution >= 4 is 11.8 Å². The Morgan fingerprint density at radius 1 is 0.968 bits per heavy atom. The van der Waals surface area contributed by atoms with E-state index in [2.05, 4.69) is 0 Å². The van der Waals surface area contributed by atoms with Crippen molar-refractivity contribution in [2.75, 3.05) is 6.54 Å². The van der Waals surface area contributed by atoms with Gasteiger partial charge in [0.15, 0.2) is 0 Å². The van der Waals surface area contributed by atoms with Gasteiger partial charge in [0, 0.05) is 31.4 Å². The number of furan rings is 1. The van der Waals surface area contributed by atoms with Crippen LogP contribution < -0.4 is 0 Å². The van der Waals surface area contributed by atoms with Gasteiger partial charge in [-0.05, 0) is 50.1 Å². The lowest BCUT2D eigenvalue weighted by Crippen LogP contribution is -2.45. The average molecular weight is 422 g/mol. The summed E-state index contributed by atoms with van der Waals surface area (Å²) >= 11 is 0. The summed E-state index contributed by atoms with van der Waals surface area (Å²) in [6.07, 6.45) is 4.61. The normalized spacial score (nSPS) is 11.0. The highest BCUT2D eigenvalue weighted by Gasteiger charge is 2.24. The van der Waals surface area contributed by atoms with Crippen molar-refractivity contribution in [3.8, 4) is 0 Å². The van der Waals surface area contributed by atoms with E-state index in [0.29, 0.717) is 31.7 Å². The van der Waals surface area contributed by atoms with Gasteiger partial charge in [-0.15, -0.1) is 0 Å². The van der Waals surface area contributed by atoms with Gasteiger partial charge in [0.2, 0.25) is 11.8 Å². The number of hydrogen-bond donors (Lipinski definition) is 0. The fourth-order valence-electron chi connectivity index (χ4n) is 3.52. The summed E-state index contributed by atoms with van der Waals surface area (Å²) in [7, 11) is 1.96. The molecular weight excluding hydrogens is 390 g/mol. The van der Waals surface area contributed by atoms with Gasteiger partial charge in [-0.25, -0.2) is 0 Å². The Hall–Kier alpha value is -3.28. The quantitative estimate of drug-likeness (QED) is 0.497. The molecule has 2 amide bonds. The van der Waals surface area contributed by atoms with E-state index >= 15 is 0 Å². The molecular formula is C25H31N3O3. The molecule has 0 bridgehead atoms. The second kappa shape index (κ2) is 10.7. The lowest BCUT2D eigenvalue weighted by molar-refractivity contribution is -0.142. The molecule has 0 aliphatic heterocycles. The molecule has 0 aliphatic carbocycles. The van der Waals surface area contributed by atoms with Crippen molar-refractivity contribution < 1.29 is 14.0 Å². The van der Waals surface area contributed by atoms with Crippen LogP contribution in [0.15, 0.2) is 71.5 Å². The van der Waals surface area contributed by atoms with Crippen molar-refractivity contribution in [1.82, 2.24) is 14.4 Å². The number of rotatable bonds is 10. The van der Waals surface area contributed by atoms with Crippen LogP contribution in [0.4, 0.5) is 0 Å². The van der Waals surface area contributed by atoms with Crippen LogP contribution in [0.2, 0.25) is 0 Å². The number of hydrogen-bond acceptors (Lipinski definition) is 3. The summed E-state index contributed by atoms with van der Waals surface area (Å²) in [6, 6.07) is 17.5. The average Bonchev–Trinajstić information content (AvgIpc) is 3.42. The van der Waals surface area contributed by atoms with Crippen LogP contribution in [-0.4, -0.2) is 38.8 Å². The van der Waals surface area contributed by atoms with Gasteiger partial charge in [-0.3, -0.25) is 9.59 Å². The van der Waals surface area contributed by atoms with Gasteiger partial charge < -0.3 is 18.8 Å². The fourth-order valence-corrected chi connectivity index (χ4v) is 3.52. The van der Waals surface area contributed by atoms with Crippen LogP contribution in [0.1, 0.15) is 37.3 Å². The fraction of sp³-hybridized carbons (Fsp3) is 0.360. The number of aryl methyl sites for hydroxylation is 2. The third kappa shape index (κ3) is 6.35. The molecule has 0 atom stereocenters. The zero-order valence-electron chi connectivity index (χ0n) is 18.5. The smallest absolute Gasteiger partial charge is 0.242 e. The lowest BCUT2D eigenvalue weighted by Gasteiger charge is -2.30. The zero-order chi connectivity index (χ0) is 22.2. The van der Waals surface area contributed by atoms with Crippen molar-refractivity contribution in [1.29, 1.82) is 0 Å². The molecule has 0 N–H and O–H groups in total. The predicted molar refractivity (Wildman–Crippen MR) is 120 cm³/mol. The molecule has 3 aromatic rings. The van der Waals surface area contributed by atoms with Gasteiger partial charge >= 0.3 is 0 Å². The Morgan fingerprint density at radius 3 is 2.35 bits per heavy atom. The Kier molecular flexibility index (Phi) is 7.70. The molecule has 0 fully saturated rings. The molecule has 31 heavy (non-hydrogen) atoms. The van der Waals surface area contributed by atoms with Crippen molar-refractivity contribution in [2.45, 2.75) is 45.8 Å². The molecule has 6 nitrogen and oxygen atoms in total. The summed E-state index contributed by atoms with van der Waals surface area (Å²) < 4.78 is 7.46. The van der Waals surface area contributed by atoms with Crippen molar-refractivity contribution in [3.63, 3.8) is 0 Å². The molecule has 3 rings (SSSR count). The Labute approximate surface area is 184 Å². The second-order valence-electron chi connectivity index (χ2n) is 8.04. The highest BCUT2D eigenvalue weighted by atomic mass is 16.3. The monoisotopic (exact) mass is 421 g/mol. The molecule has 2 heterocycles. The highest BCUT2D eigenvalue weighted by molar-refractivity contribution is 5.85. The minimum absolute atomic E-state index is 0.0102. The van der Waals surface area contributed by atoms with Crippen LogP contribution in [0.25, 0.3) is 0 Å². The van der Waals surface area contributed by atoms with Crippen LogP contribution in [0.5, 0.6) is 0 Å². The van der Waals surface area contributed by atoms with E-state index in [1.165, 1.54) is 0 Å². The van der Waals surface area contributed by atoms with Crippen LogP contribution in [0.3, 0.4) is 0 Å². The third-order valence-corrected chi connectivity index (χ3v) is 5.40.